The van der Waals surface area contributed by atoms with E-state index >= 15 is 0 Å². The molecule has 0 amide bonds. The smallest absolute Gasteiger partial charge is 0.178 e. The van der Waals surface area contributed by atoms with Crippen molar-refractivity contribution in [2.75, 3.05) is 26.2 Å². The van der Waals surface area contributed by atoms with E-state index < -0.39 is 0 Å². The fourth-order valence-electron chi connectivity index (χ4n) is 1.55. The Hall–Kier alpha value is -1.49. The molecular formula is C10H13ClN4O. The summed E-state index contributed by atoms with van der Waals surface area (Å²) in [6, 6.07) is 1.66. The average Bonchev–Trinajstić information content (AvgIpc) is 2.26. The molecule has 0 bridgehead atoms. The summed E-state index contributed by atoms with van der Waals surface area (Å²) in [6.45, 7) is 1.92. The molecule has 2 rings (SSSR count). The molecule has 0 aromatic carbocycles. The number of aromatic nitrogens is 1. The second-order valence-corrected chi connectivity index (χ2v) is 3.91. The van der Waals surface area contributed by atoms with E-state index in [1.54, 1.807) is 13.2 Å². The maximum atomic E-state index is 5.93. The molecule has 2 heterocycles. The van der Waals surface area contributed by atoms with E-state index in [1.807, 2.05) is 31.0 Å². The highest BCUT2D eigenvalue weighted by Gasteiger charge is 2.24. The number of ether oxygens (including phenoxy) is 1. The maximum Gasteiger partial charge on any atom is 0.178 e. The third-order valence-corrected chi connectivity index (χ3v) is 2.82. The minimum atomic E-state index is 0.394. The molecule has 6 heteroatoms. The third kappa shape index (κ3) is 1.57. The van der Waals surface area contributed by atoms with Gasteiger partial charge in [-0.3, -0.25) is 10.0 Å². The third-order valence-electron chi connectivity index (χ3n) is 2.63. The van der Waals surface area contributed by atoms with E-state index in [2.05, 4.69) is 9.98 Å². The summed E-state index contributed by atoms with van der Waals surface area (Å²) in [4.78, 5) is 8.69. The van der Waals surface area contributed by atoms with Crippen molar-refractivity contribution < 1.29 is 4.74 Å². The number of anilines is 1. The zero-order valence-corrected chi connectivity index (χ0v) is 10.4. The van der Waals surface area contributed by atoms with Gasteiger partial charge in [-0.1, -0.05) is 11.6 Å². The predicted molar refractivity (Wildman–Crippen MR) is 64.7 cm³/mol. The SMILES string of the molecule is COc1cc(Cl)nc2c1N=C(C)N(C)N2C. The summed E-state index contributed by atoms with van der Waals surface area (Å²) in [6.07, 6.45) is 0. The van der Waals surface area contributed by atoms with Crippen LogP contribution < -0.4 is 9.75 Å². The van der Waals surface area contributed by atoms with E-state index in [1.165, 1.54) is 0 Å². The van der Waals surface area contributed by atoms with Gasteiger partial charge in [0.05, 0.1) is 7.11 Å². The summed E-state index contributed by atoms with van der Waals surface area (Å²) in [5, 5.41) is 4.17. The minimum Gasteiger partial charge on any atom is -0.494 e. The first-order valence-corrected chi connectivity index (χ1v) is 5.19. The molecule has 0 aliphatic carbocycles. The number of amidine groups is 1. The maximum absolute atomic E-state index is 5.93. The lowest BCUT2D eigenvalue weighted by molar-refractivity contribution is 0.412. The Morgan fingerprint density at radius 2 is 2.00 bits per heavy atom. The Morgan fingerprint density at radius 1 is 1.31 bits per heavy atom. The number of fused-ring (bicyclic) bond motifs is 1. The number of halogens is 1. The summed E-state index contributed by atoms with van der Waals surface area (Å²) in [5.41, 5.74) is 0.713. The van der Waals surface area contributed by atoms with Crippen LogP contribution in [-0.4, -0.2) is 37.0 Å². The van der Waals surface area contributed by atoms with Crippen molar-refractivity contribution in [3.05, 3.63) is 11.2 Å². The van der Waals surface area contributed by atoms with Crippen LogP contribution in [0.4, 0.5) is 11.5 Å². The molecule has 1 aliphatic heterocycles. The number of aliphatic imine (C=N–C) groups is 1. The second-order valence-electron chi connectivity index (χ2n) is 3.53. The first-order chi connectivity index (χ1) is 7.54. The molecule has 0 radical (unpaired) electrons. The second kappa shape index (κ2) is 3.83. The number of hydrazine groups is 1. The van der Waals surface area contributed by atoms with Gasteiger partial charge in [-0.2, -0.15) is 0 Å². The lowest BCUT2D eigenvalue weighted by Crippen LogP contribution is -2.42. The fraction of sp³-hybridized carbons (Fsp3) is 0.400. The molecule has 0 spiro atoms. The Bertz CT molecular complexity index is 460. The predicted octanol–water partition coefficient (Wildman–Crippen LogP) is 2.09. The highest BCUT2D eigenvalue weighted by molar-refractivity contribution is 6.29. The first-order valence-electron chi connectivity index (χ1n) is 4.81. The summed E-state index contributed by atoms with van der Waals surface area (Å²) in [5.74, 6) is 2.20. The van der Waals surface area contributed by atoms with Gasteiger partial charge in [-0.05, 0) is 6.92 Å². The Kier molecular flexibility index (Phi) is 2.63. The number of nitrogens with zero attached hydrogens (tertiary/aromatic N) is 4. The van der Waals surface area contributed by atoms with Crippen LogP contribution in [0.3, 0.4) is 0 Å². The number of rotatable bonds is 1. The Balaban J connectivity index is 2.66. The van der Waals surface area contributed by atoms with Crippen LogP contribution in [-0.2, 0) is 0 Å². The molecule has 0 fully saturated rings. The molecule has 1 aromatic rings. The topological polar surface area (TPSA) is 41.0 Å². The zero-order chi connectivity index (χ0) is 11.9. The van der Waals surface area contributed by atoms with Gasteiger partial charge >= 0.3 is 0 Å². The van der Waals surface area contributed by atoms with Crippen LogP contribution in [0.2, 0.25) is 5.15 Å². The highest BCUT2D eigenvalue weighted by atomic mass is 35.5. The van der Waals surface area contributed by atoms with Gasteiger partial charge in [0.15, 0.2) is 17.3 Å². The van der Waals surface area contributed by atoms with Crippen molar-refractivity contribution in [1.29, 1.82) is 0 Å². The van der Waals surface area contributed by atoms with E-state index in [9.17, 15) is 0 Å². The van der Waals surface area contributed by atoms with Gasteiger partial charge < -0.3 is 4.74 Å². The highest BCUT2D eigenvalue weighted by Crippen LogP contribution is 2.40. The van der Waals surface area contributed by atoms with Crippen LogP contribution in [0.5, 0.6) is 5.75 Å². The molecule has 86 valence electrons. The van der Waals surface area contributed by atoms with Crippen LogP contribution in [0.1, 0.15) is 6.92 Å². The molecule has 1 aliphatic rings. The Morgan fingerprint density at radius 3 is 2.62 bits per heavy atom. The van der Waals surface area contributed by atoms with Crippen molar-refractivity contribution in [3.63, 3.8) is 0 Å². The van der Waals surface area contributed by atoms with Gasteiger partial charge in [-0.25, -0.2) is 9.98 Å². The van der Waals surface area contributed by atoms with Crippen molar-refractivity contribution in [1.82, 2.24) is 9.99 Å². The molecular weight excluding hydrogens is 228 g/mol. The van der Waals surface area contributed by atoms with Crippen molar-refractivity contribution in [2.24, 2.45) is 4.99 Å². The molecule has 0 saturated heterocycles. The standard InChI is InChI=1S/C10H13ClN4O/c1-6-12-9-7(16-4)5-8(11)13-10(9)15(3)14(6)2/h5H,1-4H3. The lowest BCUT2D eigenvalue weighted by atomic mass is 10.3. The lowest BCUT2D eigenvalue weighted by Gasteiger charge is -2.35. The number of hydrogen-bond donors (Lipinski definition) is 0. The summed E-state index contributed by atoms with van der Waals surface area (Å²) >= 11 is 5.93. The van der Waals surface area contributed by atoms with Gasteiger partial charge in [-0.15, -0.1) is 0 Å². The van der Waals surface area contributed by atoms with Gasteiger partial charge in [0.1, 0.15) is 11.0 Å². The molecule has 5 nitrogen and oxygen atoms in total. The number of methoxy groups -OCH3 is 1. The fourth-order valence-corrected chi connectivity index (χ4v) is 1.73. The zero-order valence-electron chi connectivity index (χ0n) is 9.65. The largest absolute Gasteiger partial charge is 0.494 e. The molecule has 0 N–H and O–H groups in total. The van der Waals surface area contributed by atoms with Gasteiger partial charge in [0.2, 0.25) is 0 Å². The molecule has 0 saturated carbocycles. The average molecular weight is 241 g/mol. The quantitative estimate of drug-likeness (QED) is 0.705. The molecule has 1 aromatic heterocycles. The molecule has 16 heavy (non-hydrogen) atoms. The first kappa shape index (κ1) is 11.0. The number of hydrogen-bond acceptors (Lipinski definition) is 5. The van der Waals surface area contributed by atoms with Crippen LogP contribution in [0.25, 0.3) is 0 Å². The van der Waals surface area contributed by atoms with Crippen LogP contribution >= 0.6 is 11.6 Å². The monoisotopic (exact) mass is 240 g/mol. The molecule has 0 atom stereocenters. The van der Waals surface area contributed by atoms with E-state index in [0.29, 0.717) is 22.4 Å². The molecule has 0 unspecified atom stereocenters. The van der Waals surface area contributed by atoms with Crippen molar-refractivity contribution in [2.45, 2.75) is 6.92 Å². The number of pyridine rings is 1. The van der Waals surface area contributed by atoms with Gasteiger partial charge in [0, 0.05) is 20.2 Å². The van der Waals surface area contributed by atoms with Gasteiger partial charge in [0.25, 0.3) is 0 Å². The van der Waals surface area contributed by atoms with Crippen LogP contribution in [0, 0.1) is 0 Å². The van der Waals surface area contributed by atoms with E-state index in [4.69, 9.17) is 16.3 Å². The van der Waals surface area contributed by atoms with Crippen molar-refractivity contribution in [3.8, 4) is 5.75 Å². The normalized spacial score (nSPS) is 14.7. The summed E-state index contributed by atoms with van der Waals surface area (Å²) < 4.78 is 5.25. The minimum absolute atomic E-state index is 0.394. The summed E-state index contributed by atoms with van der Waals surface area (Å²) in [7, 11) is 5.41. The Labute approximate surface area is 99.3 Å². The van der Waals surface area contributed by atoms with E-state index in [0.717, 1.165) is 5.84 Å². The van der Waals surface area contributed by atoms with Crippen molar-refractivity contribution >= 4 is 28.9 Å². The van der Waals surface area contributed by atoms with E-state index in [-0.39, 0.29) is 0 Å². The van der Waals surface area contributed by atoms with Crippen LogP contribution in [0.15, 0.2) is 11.1 Å².